The van der Waals surface area contributed by atoms with Gasteiger partial charge in [-0.3, -0.25) is 0 Å². The first kappa shape index (κ1) is 19.7. The highest BCUT2D eigenvalue weighted by Crippen LogP contribution is 2.37. The fraction of sp³-hybridized carbons (Fsp3) is 0.200. The number of hydrogen-bond acceptors (Lipinski definition) is 5. The molecule has 5 nitrogen and oxygen atoms in total. The predicted molar refractivity (Wildman–Crippen MR) is 123 cm³/mol. The van der Waals surface area contributed by atoms with Crippen LogP contribution in [-0.2, 0) is 0 Å². The molecule has 1 atom stereocenters. The first-order valence-electron chi connectivity index (χ1n) is 9.98. The number of phenolic OH excluding ortho intramolecular Hbond substituents is 1. The largest absolute Gasteiger partial charge is 0.505 e. The molecule has 0 aliphatic carbocycles. The molecule has 0 saturated carbocycles. The van der Waals surface area contributed by atoms with E-state index < -0.39 is 0 Å². The van der Waals surface area contributed by atoms with Gasteiger partial charge in [-0.1, -0.05) is 30.3 Å². The van der Waals surface area contributed by atoms with Crippen LogP contribution in [0.15, 0.2) is 66.9 Å². The van der Waals surface area contributed by atoms with Crippen molar-refractivity contribution in [2.45, 2.75) is 19.9 Å². The van der Waals surface area contributed by atoms with Crippen molar-refractivity contribution in [2.24, 2.45) is 0 Å². The van der Waals surface area contributed by atoms with Crippen LogP contribution in [0.5, 0.6) is 5.75 Å². The number of benzene rings is 2. The Morgan fingerprint density at radius 1 is 0.933 bits per heavy atom. The second-order valence-electron chi connectivity index (χ2n) is 7.81. The topological polar surface area (TPSA) is 61.3 Å². The van der Waals surface area contributed by atoms with E-state index in [0.717, 1.165) is 39.3 Å². The molecular formula is C25H26N4O. The van der Waals surface area contributed by atoms with Gasteiger partial charge in [-0.05, 0) is 55.3 Å². The monoisotopic (exact) mass is 398 g/mol. The summed E-state index contributed by atoms with van der Waals surface area (Å²) in [6.45, 7) is 3.96. The number of aromatic hydroxyl groups is 1. The number of anilines is 2. The summed E-state index contributed by atoms with van der Waals surface area (Å²) in [7, 11) is 4.04. The molecule has 0 saturated heterocycles. The highest BCUT2D eigenvalue weighted by molar-refractivity contribution is 5.86. The number of rotatable bonds is 5. The van der Waals surface area contributed by atoms with Gasteiger partial charge in [0.1, 0.15) is 17.1 Å². The Morgan fingerprint density at radius 3 is 2.37 bits per heavy atom. The Kier molecular flexibility index (Phi) is 5.27. The van der Waals surface area contributed by atoms with Crippen LogP contribution in [0.25, 0.3) is 10.9 Å². The van der Waals surface area contributed by atoms with E-state index in [1.54, 1.807) is 6.20 Å². The van der Waals surface area contributed by atoms with Crippen molar-refractivity contribution in [3.05, 3.63) is 89.2 Å². The number of phenols is 1. The molecule has 2 N–H and O–H groups in total. The van der Waals surface area contributed by atoms with E-state index in [1.807, 2.05) is 64.3 Å². The van der Waals surface area contributed by atoms with Gasteiger partial charge in [-0.2, -0.15) is 0 Å². The molecule has 0 radical (unpaired) electrons. The van der Waals surface area contributed by atoms with Gasteiger partial charge in [0.2, 0.25) is 0 Å². The van der Waals surface area contributed by atoms with E-state index in [4.69, 9.17) is 0 Å². The molecule has 0 fully saturated rings. The zero-order valence-corrected chi connectivity index (χ0v) is 17.7. The Hall–Kier alpha value is -3.60. The Labute approximate surface area is 177 Å². The molecule has 4 rings (SSSR count). The number of aryl methyl sites for hydroxylation is 2. The summed E-state index contributed by atoms with van der Waals surface area (Å²) in [4.78, 5) is 11.1. The van der Waals surface area contributed by atoms with Crippen LogP contribution in [0.1, 0.15) is 28.4 Å². The summed E-state index contributed by atoms with van der Waals surface area (Å²) < 4.78 is 0. The van der Waals surface area contributed by atoms with Crippen LogP contribution in [-0.4, -0.2) is 29.2 Å². The number of nitrogens with zero attached hydrogens (tertiary/aromatic N) is 3. The van der Waals surface area contributed by atoms with Gasteiger partial charge in [0.05, 0.1) is 6.04 Å². The van der Waals surface area contributed by atoms with E-state index in [-0.39, 0.29) is 11.8 Å². The van der Waals surface area contributed by atoms with Gasteiger partial charge in [-0.25, -0.2) is 9.97 Å². The number of fused-ring (bicyclic) bond motifs is 1. The Balaban J connectivity index is 1.84. The molecule has 0 amide bonds. The second kappa shape index (κ2) is 8.03. The van der Waals surface area contributed by atoms with E-state index in [1.165, 1.54) is 0 Å². The molecule has 0 spiro atoms. The normalized spacial score (nSPS) is 12.0. The van der Waals surface area contributed by atoms with Crippen molar-refractivity contribution in [3.63, 3.8) is 0 Å². The molecule has 152 valence electrons. The molecular weight excluding hydrogens is 372 g/mol. The summed E-state index contributed by atoms with van der Waals surface area (Å²) in [5.41, 5.74) is 5.52. The number of aromatic nitrogens is 2. The van der Waals surface area contributed by atoms with Gasteiger partial charge in [0, 0.05) is 42.6 Å². The second-order valence-corrected chi connectivity index (χ2v) is 7.81. The third kappa shape index (κ3) is 3.92. The number of hydrogen-bond donors (Lipinski definition) is 2. The van der Waals surface area contributed by atoms with Crippen LogP contribution >= 0.6 is 0 Å². The van der Waals surface area contributed by atoms with Gasteiger partial charge in [-0.15, -0.1) is 0 Å². The maximum absolute atomic E-state index is 11.1. The zero-order chi connectivity index (χ0) is 21.3. The van der Waals surface area contributed by atoms with E-state index >= 15 is 0 Å². The van der Waals surface area contributed by atoms with Crippen molar-refractivity contribution in [1.29, 1.82) is 0 Å². The van der Waals surface area contributed by atoms with Crippen molar-refractivity contribution in [2.75, 3.05) is 24.3 Å². The third-order valence-corrected chi connectivity index (χ3v) is 5.27. The highest BCUT2D eigenvalue weighted by atomic mass is 16.3. The fourth-order valence-corrected chi connectivity index (χ4v) is 3.59. The third-order valence-electron chi connectivity index (χ3n) is 5.27. The summed E-state index contributed by atoms with van der Waals surface area (Å²) in [6, 6.07) is 19.9. The molecule has 2 heterocycles. The zero-order valence-electron chi connectivity index (χ0n) is 17.7. The predicted octanol–water partition coefficient (Wildman–Crippen LogP) is 5.22. The first-order chi connectivity index (χ1) is 14.4. The highest BCUT2D eigenvalue weighted by Gasteiger charge is 2.21. The fourth-order valence-electron chi connectivity index (χ4n) is 3.59. The molecule has 2 aromatic carbocycles. The quantitative estimate of drug-likeness (QED) is 0.483. The first-order valence-corrected chi connectivity index (χ1v) is 9.98. The van der Waals surface area contributed by atoms with E-state index in [2.05, 4.69) is 44.5 Å². The average molecular weight is 399 g/mol. The molecule has 0 unspecified atom stereocenters. The van der Waals surface area contributed by atoms with Crippen LogP contribution in [0.2, 0.25) is 0 Å². The lowest BCUT2D eigenvalue weighted by Gasteiger charge is -2.23. The standard InChI is InChI=1S/C25H26N4O/c1-16-13-14-26-22(15-16)28-23(18-7-10-20(11-8-18)29(3)4)21-12-9-19-6-5-17(2)27-24(19)25(21)30/h5-15,23,30H,1-4H3,(H,26,28)/t23-/m1/s1. The summed E-state index contributed by atoms with van der Waals surface area (Å²) in [6.07, 6.45) is 1.79. The van der Waals surface area contributed by atoms with Gasteiger partial charge < -0.3 is 15.3 Å². The molecule has 4 aromatic rings. The van der Waals surface area contributed by atoms with E-state index in [0.29, 0.717) is 5.52 Å². The molecule has 30 heavy (non-hydrogen) atoms. The summed E-state index contributed by atoms with van der Waals surface area (Å²) >= 11 is 0. The number of nitrogens with one attached hydrogen (secondary N) is 1. The molecule has 0 aliphatic heterocycles. The molecule has 0 aliphatic rings. The lowest BCUT2D eigenvalue weighted by molar-refractivity contribution is 0.471. The Morgan fingerprint density at radius 2 is 1.67 bits per heavy atom. The minimum absolute atomic E-state index is 0.193. The van der Waals surface area contributed by atoms with Crippen LogP contribution in [0.3, 0.4) is 0 Å². The van der Waals surface area contributed by atoms with Gasteiger partial charge in [0.25, 0.3) is 0 Å². The molecule has 0 bridgehead atoms. The summed E-state index contributed by atoms with van der Waals surface area (Å²) in [5.74, 6) is 0.950. The summed E-state index contributed by atoms with van der Waals surface area (Å²) in [5, 5.41) is 15.6. The van der Waals surface area contributed by atoms with Crippen molar-refractivity contribution in [1.82, 2.24) is 9.97 Å². The van der Waals surface area contributed by atoms with Crippen LogP contribution in [0.4, 0.5) is 11.5 Å². The maximum atomic E-state index is 11.1. The van der Waals surface area contributed by atoms with Crippen molar-refractivity contribution in [3.8, 4) is 5.75 Å². The maximum Gasteiger partial charge on any atom is 0.147 e. The minimum Gasteiger partial charge on any atom is -0.505 e. The van der Waals surface area contributed by atoms with E-state index in [9.17, 15) is 5.11 Å². The minimum atomic E-state index is -0.276. The lowest BCUT2D eigenvalue weighted by atomic mass is 9.95. The van der Waals surface area contributed by atoms with Crippen LogP contribution in [0, 0.1) is 13.8 Å². The van der Waals surface area contributed by atoms with Gasteiger partial charge in [0.15, 0.2) is 0 Å². The number of pyridine rings is 2. The van der Waals surface area contributed by atoms with Crippen molar-refractivity contribution >= 4 is 22.4 Å². The molecule has 2 aromatic heterocycles. The Bertz CT molecular complexity index is 1190. The average Bonchev–Trinajstić information content (AvgIpc) is 2.73. The SMILES string of the molecule is Cc1ccnc(N[C@H](c2ccc(N(C)C)cc2)c2ccc3ccc(C)nc3c2O)c1. The van der Waals surface area contributed by atoms with Gasteiger partial charge >= 0.3 is 0 Å². The molecule has 5 heteroatoms. The van der Waals surface area contributed by atoms with Crippen LogP contribution < -0.4 is 10.2 Å². The smallest absolute Gasteiger partial charge is 0.147 e. The lowest BCUT2D eigenvalue weighted by Crippen LogP contribution is -2.14. The van der Waals surface area contributed by atoms with Crippen molar-refractivity contribution < 1.29 is 5.11 Å².